The van der Waals surface area contributed by atoms with Gasteiger partial charge in [-0.15, -0.1) is 0 Å². The maximum atomic E-state index is 12.5. The number of likely N-dealkylation sites (tertiary alicyclic amines) is 1. The van der Waals surface area contributed by atoms with E-state index in [1.807, 2.05) is 38.1 Å². The molecule has 2 N–H and O–H groups in total. The fraction of sp³-hybridized carbons (Fsp3) is 0.579. The molecular formula is C19H29N2O4+. The van der Waals surface area contributed by atoms with Gasteiger partial charge in [-0.05, 0) is 44.4 Å². The van der Waals surface area contributed by atoms with E-state index in [-0.39, 0.29) is 23.8 Å². The number of rotatable bonds is 7. The van der Waals surface area contributed by atoms with Crippen LogP contribution >= 0.6 is 0 Å². The van der Waals surface area contributed by atoms with Crippen LogP contribution in [0.3, 0.4) is 0 Å². The molecule has 6 nitrogen and oxygen atoms in total. The Bertz CT molecular complexity index is 573. The second-order valence-electron chi connectivity index (χ2n) is 6.49. The van der Waals surface area contributed by atoms with Gasteiger partial charge in [0.15, 0.2) is 6.04 Å². The molecule has 0 radical (unpaired) electrons. The number of quaternary nitrogens is 1. The lowest BCUT2D eigenvalue weighted by atomic mass is 9.97. The molecule has 3 atom stereocenters. The van der Waals surface area contributed by atoms with Gasteiger partial charge in [0.1, 0.15) is 11.7 Å². The van der Waals surface area contributed by atoms with Gasteiger partial charge < -0.3 is 19.7 Å². The molecule has 1 amide bonds. The molecule has 2 rings (SSSR count). The number of carbonyl (C=O) groups excluding carboxylic acids is 2. The molecule has 0 bridgehead atoms. The standard InChI is InChI=1S/C19H28N2O4/c1-4-25-19(23)16-6-5-11-21(13-16)14(2)18(22)20-12-15-7-9-17(24-3)10-8-15/h7-10,14,16H,4-6,11-13H2,1-3H3,(H,20,22)/p+1/t14-,16+/m0/s1. The smallest absolute Gasteiger partial charge is 0.314 e. The molecule has 1 aromatic carbocycles. The summed E-state index contributed by atoms with van der Waals surface area (Å²) in [7, 11) is 1.63. The summed E-state index contributed by atoms with van der Waals surface area (Å²) in [5.41, 5.74) is 1.03. The van der Waals surface area contributed by atoms with Crippen LogP contribution in [0.25, 0.3) is 0 Å². The second kappa shape index (κ2) is 9.42. The number of methoxy groups -OCH3 is 1. The first-order valence-corrected chi connectivity index (χ1v) is 8.97. The number of piperidine rings is 1. The summed E-state index contributed by atoms with van der Waals surface area (Å²) in [6.45, 7) is 6.21. The fourth-order valence-electron chi connectivity index (χ4n) is 3.22. The van der Waals surface area contributed by atoms with Crippen molar-refractivity contribution in [2.24, 2.45) is 5.92 Å². The van der Waals surface area contributed by atoms with Gasteiger partial charge in [-0.2, -0.15) is 0 Å². The van der Waals surface area contributed by atoms with Crippen LogP contribution in [0.2, 0.25) is 0 Å². The van der Waals surface area contributed by atoms with Crippen LogP contribution in [0.15, 0.2) is 24.3 Å². The minimum absolute atomic E-state index is 0.00956. The van der Waals surface area contributed by atoms with E-state index in [0.717, 1.165) is 35.6 Å². The van der Waals surface area contributed by atoms with Crippen molar-refractivity contribution in [2.75, 3.05) is 26.8 Å². The third-order valence-electron chi connectivity index (χ3n) is 4.81. The molecule has 1 unspecified atom stereocenters. The Labute approximate surface area is 149 Å². The average molecular weight is 349 g/mol. The Hall–Kier alpha value is -2.08. The number of nitrogens with one attached hydrogen (secondary N) is 2. The van der Waals surface area contributed by atoms with Crippen LogP contribution in [0.5, 0.6) is 5.75 Å². The number of ether oxygens (including phenoxy) is 2. The third kappa shape index (κ3) is 5.46. The lowest BCUT2D eigenvalue weighted by Crippen LogP contribution is -3.18. The highest BCUT2D eigenvalue weighted by Gasteiger charge is 2.34. The van der Waals surface area contributed by atoms with Gasteiger partial charge in [0, 0.05) is 6.54 Å². The lowest BCUT2D eigenvalue weighted by Gasteiger charge is -2.32. The zero-order chi connectivity index (χ0) is 18.2. The maximum absolute atomic E-state index is 12.5. The number of benzene rings is 1. The van der Waals surface area contributed by atoms with Gasteiger partial charge >= 0.3 is 5.97 Å². The number of amides is 1. The zero-order valence-electron chi connectivity index (χ0n) is 15.3. The van der Waals surface area contributed by atoms with Gasteiger partial charge in [-0.1, -0.05) is 12.1 Å². The van der Waals surface area contributed by atoms with E-state index in [9.17, 15) is 9.59 Å². The summed E-state index contributed by atoms with van der Waals surface area (Å²) in [4.78, 5) is 25.6. The maximum Gasteiger partial charge on any atom is 0.314 e. The van der Waals surface area contributed by atoms with Crippen molar-refractivity contribution in [3.63, 3.8) is 0 Å². The van der Waals surface area contributed by atoms with Crippen LogP contribution in [-0.4, -0.2) is 44.7 Å². The molecule has 1 saturated heterocycles. The molecule has 1 aromatic rings. The second-order valence-corrected chi connectivity index (χ2v) is 6.49. The minimum Gasteiger partial charge on any atom is -0.497 e. The monoisotopic (exact) mass is 349 g/mol. The summed E-state index contributed by atoms with van der Waals surface area (Å²) < 4.78 is 10.3. The van der Waals surface area contributed by atoms with Crippen LogP contribution in [-0.2, 0) is 20.9 Å². The van der Waals surface area contributed by atoms with Gasteiger partial charge in [-0.3, -0.25) is 9.59 Å². The molecule has 1 heterocycles. The van der Waals surface area contributed by atoms with Crippen molar-refractivity contribution in [1.29, 1.82) is 0 Å². The zero-order valence-corrected chi connectivity index (χ0v) is 15.3. The van der Waals surface area contributed by atoms with Crippen LogP contribution in [0.4, 0.5) is 0 Å². The van der Waals surface area contributed by atoms with Crippen LogP contribution in [0.1, 0.15) is 32.3 Å². The molecule has 25 heavy (non-hydrogen) atoms. The number of carbonyl (C=O) groups is 2. The summed E-state index contributed by atoms with van der Waals surface area (Å²) in [5, 5.41) is 2.99. The molecule has 0 saturated carbocycles. The fourth-order valence-corrected chi connectivity index (χ4v) is 3.22. The van der Waals surface area contributed by atoms with Gasteiger partial charge in [-0.25, -0.2) is 0 Å². The third-order valence-corrected chi connectivity index (χ3v) is 4.81. The van der Waals surface area contributed by atoms with E-state index in [0.29, 0.717) is 19.7 Å². The number of esters is 1. The Balaban J connectivity index is 1.84. The first-order valence-electron chi connectivity index (χ1n) is 8.97. The van der Waals surface area contributed by atoms with Crippen molar-refractivity contribution in [2.45, 2.75) is 39.3 Å². The molecule has 0 aliphatic carbocycles. The van der Waals surface area contributed by atoms with Crippen molar-refractivity contribution >= 4 is 11.9 Å². The van der Waals surface area contributed by atoms with Crippen molar-refractivity contribution in [3.8, 4) is 5.75 Å². The summed E-state index contributed by atoms with van der Waals surface area (Å²) >= 11 is 0. The van der Waals surface area contributed by atoms with E-state index < -0.39 is 0 Å². The molecule has 138 valence electrons. The molecule has 0 aromatic heterocycles. The summed E-state index contributed by atoms with van der Waals surface area (Å²) in [5.74, 6) is 0.576. The highest BCUT2D eigenvalue weighted by atomic mass is 16.5. The van der Waals surface area contributed by atoms with Gasteiger partial charge in [0.2, 0.25) is 0 Å². The molecule has 6 heteroatoms. The highest BCUT2D eigenvalue weighted by molar-refractivity contribution is 5.80. The van der Waals surface area contributed by atoms with Crippen molar-refractivity contribution < 1.29 is 24.0 Å². The Morgan fingerprint density at radius 2 is 2.04 bits per heavy atom. The SMILES string of the molecule is CCOC(=O)[C@@H]1CCC[NH+]([C@@H](C)C(=O)NCc2ccc(OC)cc2)C1. The van der Waals surface area contributed by atoms with E-state index in [1.165, 1.54) is 0 Å². The molecule has 1 fully saturated rings. The van der Waals surface area contributed by atoms with Crippen LogP contribution < -0.4 is 15.0 Å². The number of hydrogen-bond donors (Lipinski definition) is 2. The quantitative estimate of drug-likeness (QED) is 0.706. The van der Waals surface area contributed by atoms with E-state index in [4.69, 9.17) is 9.47 Å². The lowest BCUT2D eigenvalue weighted by molar-refractivity contribution is -0.921. The molecule has 1 aliphatic heterocycles. The Morgan fingerprint density at radius 1 is 1.32 bits per heavy atom. The number of hydrogen-bond acceptors (Lipinski definition) is 4. The first kappa shape index (κ1) is 19.2. The summed E-state index contributed by atoms with van der Waals surface area (Å²) in [6.07, 6.45) is 1.79. The predicted molar refractivity (Wildman–Crippen MR) is 94.4 cm³/mol. The van der Waals surface area contributed by atoms with E-state index in [2.05, 4.69) is 5.32 Å². The molecule has 1 aliphatic rings. The van der Waals surface area contributed by atoms with Crippen molar-refractivity contribution in [3.05, 3.63) is 29.8 Å². The van der Waals surface area contributed by atoms with Crippen LogP contribution in [0, 0.1) is 5.92 Å². The van der Waals surface area contributed by atoms with E-state index >= 15 is 0 Å². The van der Waals surface area contributed by atoms with Gasteiger partial charge in [0.05, 0.1) is 26.8 Å². The average Bonchev–Trinajstić information content (AvgIpc) is 2.66. The molecule has 0 spiro atoms. The highest BCUT2D eigenvalue weighted by Crippen LogP contribution is 2.11. The largest absolute Gasteiger partial charge is 0.497 e. The molecular weight excluding hydrogens is 320 g/mol. The topological polar surface area (TPSA) is 69.1 Å². The Morgan fingerprint density at radius 3 is 2.68 bits per heavy atom. The predicted octanol–water partition coefficient (Wildman–Crippen LogP) is 0.558. The normalized spacial score (nSPS) is 21.2. The van der Waals surface area contributed by atoms with E-state index in [1.54, 1.807) is 7.11 Å². The minimum atomic E-state index is -0.185. The van der Waals surface area contributed by atoms with Gasteiger partial charge in [0.25, 0.3) is 5.91 Å². The Kier molecular flexibility index (Phi) is 7.25. The summed E-state index contributed by atoms with van der Waals surface area (Å²) in [6, 6.07) is 7.45. The van der Waals surface area contributed by atoms with Crippen molar-refractivity contribution in [1.82, 2.24) is 5.32 Å². The first-order chi connectivity index (χ1) is 12.0.